The molecule has 2 heterocycles. The minimum absolute atomic E-state index is 0.137. The van der Waals surface area contributed by atoms with E-state index in [1.165, 1.54) is 0 Å². The van der Waals surface area contributed by atoms with Crippen LogP contribution in [-0.4, -0.2) is 28.2 Å². The number of hydrogen-bond acceptors (Lipinski definition) is 5. The van der Waals surface area contributed by atoms with E-state index in [0.717, 1.165) is 22.7 Å². The SMILES string of the molecule is C/C(=N/NC(=O)Cn1nc(C)cc1C)c1ccc2c(c1)OCO2. The van der Waals surface area contributed by atoms with Crippen LogP contribution in [0.25, 0.3) is 0 Å². The molecule has 0 radical (unpaired) electrons. The summed E-state index contributed by atoms with van der Waals surface area (Å²) in [7, 11) is 0. The third-order valence-corrected chi connectivity index (χ3v) is 3.54. The van der Waals surface area contributed by atoms with Crippen LogP contribution in [-0.2, 0) is 11.3 Å². The van der Waals surface area contributed by atoms with Gasteiger partial charge in [-0.1, -0.05) is 0 Å². The molecule has 0 unspecified atom stereocenters. The molecule has 1 aromatic heterocycles. The highest BCUT2D eigenvalue weighted by atomic mass is 16.7. The van der Waals surface area contributed by atoms with Gasteiger partial charge in [-0.05, 0) is 45.0 Å². The maximum atomic E-state index is 12.0. The van der Waals surface area contributed by atoms with Crippen molar-refractivity contribution in [3.63, 3.8) is 0 Å². The third kappa shape index (κ3) is 3.33. The molecule has 0 saturated carbocycles. The Morgan fingerprint density at radius 1 is 1.30 bits per heavy atom. The highest BCUT2D eigenvalue weighted by Crippen LogP contribution is 2.32. The maximum Gasteiger partial charge on any atom is 0.261 e. The maximum absolute atomic E-state index is 12.0. The summed E-state index contributed by atoms with van der Waals surface area (Å²) in [5.74, 6) is 1.18. The van der Waals surface area contributed by atoms with Crippen molar-refractivity contribution < 1.29 is 14.3 Å². The highest BCUT2D eigenvalue weighted by Gasteiger charge is 2.14. The lowest BCUT2D eigenvalue weighted by Crippen LogP contribution is -2.25. The predicted molar refractivity (Wildman–Crippen MR) is 84.6 cm³/mol. The quantitative estimate of drug-likeness (QED) is 0.689. The molecule has 1 aliphatic heterocycles. The first kappa shape index (κ1) is 15.1. The Morgan fingerprint density at radius 2 is 2.09 bits per heavy atom. The molecule has 1 N–H and O–H groups in total. The van der Waals surface area contributed by atoms with Gasteiger partial charge < -0.3 is 9.47 Å². The number of carbonyl (C=O) groups excluding carboxylic acids is 1. The number of rotatable bonds is 4. The number of aryl methyl sites for hydroxylation is 2. The van der Waals surface area contributed by atoms with E-state index < -0.39 is 0 Å². The molecule has 7 nitrogen and oxygen atoms in total. The van der Waals surface area contributed by atoms with Crippen LogP contribution >= 0.6 is 0 Å². The van der Waals surface area contributed by atoms with Gasteiger partial charge >= 0.3 is 0 Å². The zero-order chi connectivity index (χ0) is 16.4. The van der Waals surface area contributed by atoms with Crippen LogP contribution in [0.4, 0.5) is 0 Å². The second-order valence-corrected chi connectivity index (χ2v) is 5.38. The van der Waals surface area contributed by atoms with Crippen molar-refractivity contribution in [1.82, 2.24) is 15.2 Å². The van der Waals surface area contributed by atoms with Crippen LogP contribution in [0, 0.1) is 13.8 Å². The van der Waals surface area contributed by atoms with Gasteiger partial charge in [0, 0.05) is 11.3 Å². The summed E-state index contributed by atoms with van der Waals surface area (Å²) >= 11 is 0. The largest absolute Gasteiger partial charge is 0.454 e. The smallest absolute Gasteiger partial charge is 0.261 e. The summed E-state index contributed by atoms with van der Waals surface area (Å²) in [6.07, 6.45) is 0. The van der Waals surface area contributed by atoms with Crippen LogP contribution in [0.3, 0.4) is 0 Å². The molecule has 0 atom stereocenters. The number of nitrogens with zero attached hydrogens (tertiary/aromatic N) is 3. The molecule has 2 aromatic rings. The predicted octanol–water partition coefficient (Wildman–Crippen LogP) is 1.77. The van der Waals surface area contributed by atoms with E-state index in [-0.39, 0.29) is 19.2 Å². The van der Waals surface area contributed by atoms with E-state index in [9.17, 15) is 4.79 Å². The highest BCUT2D eigenvalue weighted by molar-refractivity contribution is 5.99. The Balaban J connectivity index is 1.65. The van der Waals surface area contributed by atoms with Gasteiger partial charge in [0.25, 0.3) is 5.91 Å². The van der Waals surface area contributed by atoms with Gasteiger partial charge in [0.1, 0.15) is 6.54 Å². The zero-order valence-corrected chi connectivity index (χ0v) is 13.3. The van der Waals surface area contributed by atoms with Crippen molar-refractivity contribution in [2.24, 2.45) is 5.10 Å². The van der Waals surface area contributed by atoms with Crippen LogP contribution in [0.5, 0.6) is 11.5 Å². The number of aromatic nitrogens is 2. The first-order chi connectivity index (χ1) is 11.0. The number of hydrazone groups is 1. The van der Waals surface area contributed by atoms with E-state index in [1.807, 2.05) is 45.0 Å². The number of ether oxygens (including phenoxy) is 2. The van der Waals surface area contributed by atoms with Crippen LogP contribution in [0.1, 0.15) is 23.9 Å². The number of benzene rings is 1. The van der Waals surface area contributed by atoms with Gasteiger partial charge in [0.2, 0.25) is 6.79 Å². The monoisotopic (exact) mass is 314 g/mol. The van der Waals surface area contributed by atoms with E-state index in [1.54, 1.807) is 4.68 Å². The van der Waals surface area contributed by atoms with Crippen molar-refractivity contribution in [3.05, 3.63) is 41.2 Å². The minimum atomic E-state index is -0.226. The molecule has 0 saturated heterocycles. The van der Waals surface area contributed by atoms with Gasteiger partial charge in [0.15, 0.2) is 11.5 Å². The van der Waals surface area contributed by atoms with E-state index in [2.05, 4.69) is 15.6 Å². The number of carbonyl (C=O) groups is 1. The van der Waals surface area contributed by atoms with Gasteiger partial charge in [-0.25, -0.2) is 5.43 Å². The van der Waals surface area contributed by atoms with Gasteiger partial charge in [0.05, 0.1) is 11.4 Å². The lowest BCUT2D eigenvalue weighted by Gasteiger charge is -2.05. The van der Waals surface area contributed by atoms with E-state index >= 15 is 0 Å². The van der Waals surface area contributed by atoms with Crippen molar-refractivity contribution in [2.75, 3.05) is 6.79 Å². The zero-order valence-electron chi connectivity index (χ0n) is 13.3. The Kier molecular flexibility index (Phi) is 4.01. The summed E-state index contributed by atoms with van der Waals surface area (Å²) in [6.45, 7) is 5.99. The summed E-state index contributed by atoms with van der Waals surface area (Å²) in [6, 6.07) is 7.47. The average Bonchev–Trinajstić information content (AvgIpc) is 3.10. The Bertz CT molecular complexity index is 780. The fourth-order valence-electron chi connectivity index (χ4n) is 2.34. The molecule has 120 valence electrons. The van der Waals surface area contributed by atoms with Crippen LogP contribution in [0.2, 0.25) is 0 Å². The number of fused-ring (bicyclic) bond motifs is 1. The molecule has 1 aromatic carbocycles. The van der Waals surface area contributed by atoms with Crippen molar-refractivity contribution in [1.29, 1.82) is 0 Å². The summed E-state index contributed by atoms with van der Waals surface area (Å²) in [5, 5.41) is 8.38. The number of hydrogen-bond donors (Lipinski definition) is 1. The molecule has 1 amide bonds. The molecule has 0 aliphatic carbocycles. The van der Waals surface area contributed by atoms with Crippen molar-refractivity contribution in [2.45, 2.75) is 27.3 Å². The lowest BCUT2D eigenvalue weighted by molar-refractivity contribution is -0.121. The molecule has 7 heteroatoms. The first-order valence-electron chi connectivity index (χ1n) is 7.27. The Morgan fingerprint density at radius 3 is 2.83 bits per heavy atom. The van der Waals surface area contributed by atoms with Crippen molar-refractivity contribution >= 4 is 11.6 Å². The van der Waals surface area contributed by atoms with Gasteiger partial charge in [-0.15, -0.1) is 0 Å². The fourth-order valence-corrected chi connectivity index (χ4v) is 2.34. The summed E-state index contributed by atoms with van der Waals surface area (Å²) < 4.78 is 12.3. The summed E-state index contributed by atoms with van der Waals surface area (Å²) in [4.78, 5) is 12.0. The molecule has 23 heavy (non-hydrogen) atoms. The Hall–Kier alpha value is -2.83. The fraction of sp³-hybridized carbons (Fsp3) is 0.312. The average molecular weight is 314 g/mol. The van der Waals surface area contributed by atoms with Gasteiger partial charge in [-0.3, -0.25) is 9.48 Å². The second-order valence-electron chi connectivity index (χ2n) is 5.38. The Labute approximate surface area is 133 Å². The van der Waals surface area contributed by atoms with E-state index in [0.29, 0.717) is 11.5 Å². The van der Waals surface area contributed by atoms with Crippen molar-refractivity contribution in [3.8, 4) is 11.5 Å². The number of nitrogens with one attached hydrogen (secondary N) is 1. The molecule has 3 rings (SSSR count). The molecule has 1 aliphatic rings. The van der Waals surface area contributed by atoms with Crippen LogP contribution in [0.15, 0.2) is 29.4 Å². The summed E-state index contributed by atoms with van der Waals surface area (Å²) in [5.41, 5.74) is 5.92. The van der Waals surface area contributed by atoms with E-state index in [4.69, 9.17) is 9.47 Å². The molecular formula is C16H18N4O3. The topological polar surface area (TPSA) is 77.7 Å². The molecule has 0 fully saturated rings. The van der Waals surface area contributed by atoms with Gasteiger partial charge in [-0.2, -0.15) is 10.2 Å². The molecular weight excluding hydrogens is 296 g/mol. The van der Waals surface area contributed by atoms with Crippen LogP contribution < -0.4 is 14.9 Å². The standard InChI is InChI=1S/C16H18N4O3/c1-10-6-11(2)20(19-10)8-16(21)18-17-12(3)13-4-5-14-15(7-13)23-9-22-14/h4-7H,8-9H2,1-3H3,(H,18,21)/b17-12-. The number of amides is 1. The lowest BCUT2D eigenvalue weighted by atomic mass is 10.1. The molecule has 0 bridgehead atoms. The third-order valence-electron chi connectivity index (χ3n) is 3.54. The normalized spacial score (nSPS) is 13.3. The second kappa shape index (κ2) is 6.12. The first-order valence-corrected chi connectivity index (χ1v) is 7.27. The molecule has 0 spiro atoms. The minimum Gasteiger partial charge on any atom is -0.454 e.